The standard InChI is InChI=1S/C26H32FN3O2S/c1-18-23(15-19-5-8-21(9-6-19)33(2)32)22-10-7-20(27)16-25(22)24(18)17-26(31)30-14-4-13-29-12-3-11-28/h5-10,15-16,29H,3-4,11-14,17,28H2,1-2H3,(H,30,31)/b23-15+. The summed E-state index contributed by atoms with van der Waals surface area (Å²) in [4.78, 5) is 13.4. The number of carbonyl (C=O) groups excluding carboxylic acids is 1. The van der Waals surface area contributed by atoms with E-state index in [2.05, 4.69) is 10.6 Å². The SMILES string of the molecule is CC1=C(CC(=O)NCCCNCCCN)c2cc(F)ccc2/C1=C/c1ccc(S(C)=O)cc1. The third-order valence-corrected chi connectivity index (χ3v) is 6.66. The van der Waals surface area contributed by atoms with Crippen LogP contribution in [0.2, 0.25) is 0 Å². The number of amides is 1. The highest BCUT2D eigenvalue weighted by molar-refractivity contribution is 7.84. The van der Waals surface area contributed by atoms with E-state index in [1.54, 1.807) is 12.3 Å². The lowest BCUT2D eigenvalue weighted by Crippen LogP contribution is -2.28. The molecule has 2 aromatic carbocycles. The third-order valence-electron chi connectivity index (χ3n) is 5.72. The molecule has 1 aliphatic rings. The fourth-order valence-electron chi connectivity index (χ4n) is 3.92. The van der Waals surface area contributed by atoms with Gasteiger partial charge in [0.05, 0.1) is 6.42 Å². The first-order valence-corrected chi connectivity index (χ1v) is 12.8. The summed E-state index contributed by atoms with van der Waals surface area (Å²) in [6.45, 7) is 4.94. The minimum absolute atomic E-state index is 0.0717. The summed E-state index contributed by atoms with van der Waals surface area (Å²) in [5.74, 6) is -0.392. The van der Waals surface area contributed by atoms with Crippen LogP contribution in [0, 0.1) is 5.82 Å². The maximum absolute atomic E-state index is 14.1. The van der Waals surface area contributed by atoms with Gasteiger partial charge < -0.3 is 16.4 Å². The summed E-state index contributed by atoms with van der Waals surface area (Å²) in [7, 11) is -1.03. The van der Waals surface area contributed by atoms with E-state index in [4.69, 9.17) is 5.73 Å². The second-order valence-electron chi connectivity index (χ2n) is 8.15. The van der Waals surface area contributed by atoms with Crippen LogP contribution in [0.4, 0.5) is 4.39 Å². The first kappa shape index (κ1) is 25.0. The van der Waals surface area contributed by atoms with Crippen LogP contribution < -0.4 is 16.4 Å². The Kier molecular flexibility index (Phi) is 9.11. The van der Waals surface area contributed by atoms with E-state index in [-0.39, 0.29) is 18.1 Å². The van der Waals surface area contributed by atoms with E-state index < -0.39 is 10.8 Å². The first-order chi connectivity index (χ1) is 15.9. The van der Waals surface area contributed by atoms with Crippen molar-refractivity contribution in [3.63, 3.8) is 0 Å². The fraction of sp³-hybridized carbons (Fsp3) is 0.346. The molecular formula is C26H32FN3O2S. The molecule has 1 amide bonds. The highest BCUT2D eigenvalue weighted by atomic mass is 32.2. The van der Waals surface area contributed by atoms with Gasteiger partial charge in [-0.25, -0.2) is 4.39 Å². The van der Waals surface area contributed by atoms with Gasteiger partial charge in [0.15, 0.2) is 0 Å². The smallest absolute Gasteiger partial charge is 0.224 e. The van der Waals surface area contributed by atoms with Crippen LogP contribution >= 0.6 is 0 Å². The Bertz CT molecular complexity index is 1080. The van der Waals surface area contributed by atoms with Crippen molar-refractivity contribution >= 4 is 33.9 Å². The van der Waals surface area contributed by atoms with Gasteiger partial charge in [-0.3, -0.25) is 9.00 Å². The minimum atomic E-state index is -1.03. The van der Waals surface area contributed by atoms with Crippen LogP contribution in [0.25, 0.3) is 17.2 Å². The zero-order chi connectivity index (χ0) is 23.8. The molecule has 7 heteroatoms. The Hall–Kier alpha value is -2.61. The Labute approximate surface area is 197 Å². The van der Waals surface area contributed by atoms with Crippen molar-refractivity contribution < 1.29 is 13.4 Å². The van der Waals surface area contributed by atoms with Crippen LogP contribution in [-0.2, 0) is 15.6 Å². The second kappa shape index (κ2) is 12.0. The van der Waals surface area contributed by atoms with Crippen molar-refractivity contribution in [2.45, 2.75) is 31.1 Å². The molecule has 33 heavy (non-hydrogen) atoms. The lowest BCUT2D eigenvalue weighted by Gasteiger charge is -2.09. The van der Waals surface area contributed by atoms with Gasteiger partial charge in [-0.2, -0.15) is 0 Å². The molecule has 1 aliphatic carbocycles. The number of hydrogen-bond acceptors (Lipinski definition) is 4. The third kappa shape index (κ3) is 6.69. The number of carbonyl (C=O) groups is 1. The molecule has 0 saturated heterocycles. The summed E-state index contributed by atoms with van der Waals surface area (Å²) in [5.41, 5.74) is 10.9. The maximum Gasteiger partial charge on any atom is 0.224 e. The van der Waals surface area contributed by atoms with Crippen molar-refractivity contribution in [3.05, 3.63) is 70.5 Å². The number of nitrogens with two attached hydrogens (primary N) is 1. The average Bonchev–Trinajstić information content (AvgIpc) is 3.04. The van der Waals surface area contributed by atoms with Crippen LogP contribution in [0.3, 0.4) is 0 Å². The van der Waals surface area contributed by atoms with E-state index in [1.165, 1.54) is 12.1 Å². The molecule has 0 heterocycles. The first-order valence-electron chi connectivity index (χ1n) is 11.2. The largest absolute Gasteiger partial charge is 0.356 e. The normalized spacial score (nSPS) is 15.1. The molecule has 176 valence electrons. The maximum atomic E-state index is 14.1. The molecule has 0 radical (unpaired) electrons. The average molecular weight is 470 g/mol. The molecule has 0 aliphatic heterocycles. The van der Waals surface area contributed by atoms with Crippen LogP contribution in [-0.4, -0.2) is 42.6 Å². The molecule has 2 aromatic rings. The van der Waals surface area contributed by atoms with Crippen molar-refractivity contribution in [1.29, 1.82) is 0 Å². The molecule has 0 saturated carbocycles. The Balaban J connectivity index is 1.74. The predicted octanol–water partition coefficient (Wildman–Crippen LogP) is 3.73. The number of halogens is 1. The van der Waals surface area contributed by atoms with Gasteiger partial charge in [0.25, 0.3) is 0 Å². The van der Waals surface area contributed by atoms with Crippen molar-refractivity contribution in [3.8, 4) is 0 Å². The van der Waals surface area contributed by atoms with Gasteiger partial charge in [-0.05, 0) is 103 Å². The Morgan fingerprint density at radius 2 is 1.79 bits per heavy atom. The molecular weight excluding hydrogens is 437 g/mol. The van der Waals surface area contributed by atoms with E-state index >= 15 is 0 Å². The fourth-order valence-corrected chi connectivity index (χ4v) is 4.44. The summed E-state index contributed by atoms with van der Waals surface area (Å²) >= 11 is 0. The zero-order valence-electron chi connectivity index (χ0n) is 19.2. The number of nitrogens with one attached hydrogen (secondary N) is 2. The van der Waals surface area contributed by atoms with Gasteiger partial charge >= 0.3 is 0 Å². The van der Waals surface area contributed by atoms with E-state index in [9.17, 15) is 13.4 Å². The number of fused-ring (bicyclic) bond motifs is 1. The number of rotatable bonds is 11. The lowest BCUT2D eigenvalue weighted by molar-refractivity contribution is -0.120. The highest BCUT2D eigenvalue weighted by Crippen LogP contribution is 2.43. The molecule has 1 unspecified atom stereocenters. The molecule has 0 fully saturated rings. The summed E-state index contributed by atoms with van der Waals surface area (Å²) in [5, 5.41) is 6.26. The van der Waals surface area contributed by atoms with Crippen LogP contribution in [0.5, 0.6) is 0 Å². The summed E-state index contributed by atoms with van der Waals surface area (Å²) in [6, 6.07) is 12.3. The monoisotopic (exact) mass is 469 g/mol. The number of allylic oxidation sites excluding steroid dienone is 2. The van der Waals surface area contributed by atoms with Gasteiger partial charge in [0.2, 0.25) is 5.91 Å². The zero-order valence-corrected chi connectivity index (χ0v) is 20.1. The van der Waals surface area contributed by atoms with Crippen molar-refractivity contribution in [1.82, 2.24) is 10.6 Å². The van der Waals surface area contributed by atoms with E-state index in [0.29, 0.717) is 13.1 Å². The second-order valence-corrected chi connectivity index (χ2v) is 9.53. The quantitative estimate of drug-likeness (QED) is 0.438. The molecule has 1 atom stereocenters. The number of hydrogen-bond donors (Lipinski definition) is 3. The molecule has 4 N–H and O–H groups in total. The van der Waals surface area contributed by atoms with E-state index in [1.807, 2.05) is 37.3 Å². The van der Waals surface area contributed by atoms with Gasteiger partial charge in [0, 0.05) is 28.5 Å². The topological polar surface area (TPSA) is 84.2 Å². The highest BCUT2D eigenvalue weighted by Gasteiger charge is 2.25. The summed E-state index contributed by atoms with van der Waals surface area (Å²) in [6.07, 6.45) is 5.66. The van der Waals surface area contributed by atoms with Crippen molar-refractivity contribution in [2.24, 2.45) is 5.73 Å². The van der Waals surface area contributed by atoms with E-state index in [0.717, 1.165) is 64.2 Å². The van der Waals surface area contributed by atoms with Crippen LogP contribution in [0.1, 0.15) is 42.9 Å². The summed E-state index contributed by atoms with van der Waals surface area (Å²) < 4.78 is 25.7. The molecule has 5 nitrogen and oxygen atoms in total. The van der Waals surface area contributed by atoms with Crippen molar-refractivity contribution in [2.75, 3.05) is 32.4 Å². The van der Waals surface area contributed by atoms with Crippen LogP contribution in [0.15, 0.2) is 52.9 Å². The molecule has 0 spiro atoms. The minimum Gasteiger partial charge on any atom is -0.356 e. The molecule has 0 aromatic heterocycles. The van der Waals surface area contributed by atoms with Gasteiger partial charge in [0.1, 0.15) is 5.82 Å². The van der Waals surface area contributed by atoms with Gasteiger partial charge in [-0.15, -0.1) is 0 Å². The van der Waals surface area contributed by atoms with Gasteiger partial charge in [-0.1, -0.05) is 18.2 Å². The molecule has 0 bridgehead atoms. The Morgan fingerprint density at radius 3 is 2.48 bits per heavy atom. The number of benzene rings is 2. The predicted molar refractivity (Wildman–Crippen MR) is 134 cm³/mol. The molecule has 3 rings (SSSR count). The lowest BCUT2D eigenvalue weighted by atomic mass is 10.0. The Morgan fingerprint density at radius 1 is 1.06 bits per heavy atom.